The van der Waals surface area contributed by atoms with Crippen molar-refractivity contribution < 1.29 is 5.11 Å². The Bertz CT molecular complexity index is 195. The third-order valence-corrected chi connectivity index (χ3v) is 1.06. The smallest absolute Gasteiger partial charge is 0.0912 e. The maximum Gasteiger partial charge on any atom is 0.0912 e. The van der Waals surface area contributed by atoms with Gasteiger partial charge in [-0.05, 0) is 19.9 Å². The molecule has 54 valence electrons. The van der Waals surface area contributed by atoms with E-state index in [1.807, 2.05) is 0 Å². The van der Waals surface area contributed by atoms with E-state index in [1.54, 1.807) is 13.8 Å². The molecule has 0 aromatic rings. The van der Waals surface area contributed by atoms with Crippen LogP contribution in [0.25, 0.3) is 0 Å². The molecule has 0 saturated carbocycles. The zero-order chi connectivity index (χ0) is 8.20. The van der Waals surface area contributed by atoms with Crippen molar-refractivity contribution >= 4 is 0 Å². The predicted molar refractivity (Wildman–Crippen MR) is 43.4 cm³/mol. The summed E-state index contributed by atoms with van der Waals surface area (Å²) in [5, 5.41) is 9.28. The Morgan fingerprint density at radius 2 is 2.10 bits per heavy atom. The molecule has 1 heteroatoms. The van der Waals surface area contributed by atoms with E-state index in [0.717, 1.165) is 0 Å². The van der Waals surface area contributed by atoms with Crippen molar-refractivity contribution in [3.05, 3.63) is 24.8 Å². The standard InChI is InChI=1S/C9H12O/c1-5-6-7-8(2)9(3,4)10/h5,10H,1-2H2,3-4H3. The van der Waals surface area contributed by atoms with Crippen LogP contribution in [-0.4, -0.2) is 10.7 Å². The molecular weight excluding hydrogens is 124 g/mol. The summed E-state index contributed by atoms with van der Waals surface area (Å²) in [7, 11) is 0. The van der Waals surface area contributed by atoms with Crippen LogP contribution in [-0.2, 0) is 0 Å². The van der Waals surface area contributed by atoms with Crippen molar-refractivity contribution in [2.45, 2.75) is 19.4 Å². The molecule has 0 heterocycles. The predicted octanol–water partition coefficient (Wildman–Crippen LogP) is 1.50. The van der Waals surface area contributed by atoms with Gasteiger partial charge in [0.1, 0.15) is 0 Å². The summed E-state index contributed by atoms with van der Waals surface area (Å²) in [5.41, 5.74) is -0.400. The Kier molecular flexibility index (Phi) is 2.92. The minimum atomic E-state index is -0.907. The molecule has 0 saturated heterocycles. The van der Waals surface area contributed by atoms with Gasteiger partial charge >= 0.3 is 0 Å². The molecule has 0 atom stereocenters. The zero-order valence-corrected chi connectivity index (χ0v) is 6.44. The van der Waals surface area contributed by atoms with Crippen LogP contribution in [0.15, 0.2) is 24.8 Å². The van der Waals surface area contributed by atoms with Crippen LogP contribution in [0.4, 0.5) is 0 Å². The van der Waals surface area contributed by atoms with Gasteiger partial charge in [-0.1, -0.05) is 25.0 Å². The van der Waals surface area contributed by atoms with Crippen molar-refractivity contribution in [3.63, 3.8) is 0 Å². The minimum Gasteiger partial charge on any atom is -0.385 e. The SMILES string of the molecule is C=CC#CC(=C)C(C)(C)O. The van der Waals surface area contributed by atoms with Crippen LogP contribution >= 0.6 is 0 Å². The molecule has 0 radical (unpaired) electrons. The van der Waals surface area contributed by atoms with Gasteiger partial charge in [-0.15, -0.1) is 0 Å². The van der Waals surface area contributed by atoms with E-state index in [4.69, 9.17) is 0 Å². The molecule has 1 nitrogen and oxygen atoms in total. The van der Waals surface area contributed by atoms with Gasteiger partial charge in [0.25, 0.3) is 0 Å². The molecule has 0 amide bonds. The van der Waals surface area contributed by atoms with Crippen LogP contribution in [0, 0.1) is 11.8 Å². The van der Waals surface area contributed by atoms with Gasteiger partial charge in [0, 0.05) is 5.57 Å². The second kappa shape index (κ2) is 3.24. The van der Waals surface area contributed by atoms with Crippen molar-refractivity contribution in [3.8, 4) is 11.8 Å². The molecule has 0 aliphatic rings. The molecule has 10 heavy (non-hydrogen) atoms. The van der Waals surface area contributed by atoms with Gasteiger partial charge in [0.15, 0.2) is 0 Å². The molecule has 0 aromatic carbocycles. The van der Waals surface area contributed by atoms with E-state index >= 15 is 0 Å². The lowest BCUT2D eigenvalue weighted by atomic mass is 10.0. The maximum absolute atomic E-state index is 9.28. The highest BCUT2D eigenvalue weighted by molar-refractivity contribution is 5.34. The van der Waals surface area contributed by atoms with Crippen molar-refractivity contribution in [1.29, 1.82) is 0 Å². The van der Waals surface area contributed by atoms with E-state index in [-0.39, 0.29) is 0 Å². The molecule has 0 aliphatic heterocycles. The normalized spacial score (nSPS) is 9.50. The summed E-state index contributed by atoms with van der Waals surface area (Å²) >= 11 is 0. The van der Waals surface area contributed by atoms with Crippen LogP contribution in [0.2, 0.25) is 0 Å². The highest BCUT2D eigenvalue weighted by Gasteiger charge is 2.14. The monoisotopic (exact) mass is 136 g/mol. The van der Waals surface area contributed by atoms with Crippen LogP contribution in [0.1, 0.15) is 13.8 Å². The zero-order valence-electron chi connectivity index (χ0n) is 6.44. The molecule has 0 bridgehead atoms. The third kappa shape index (κ3) is 3.11. The maximum atomic E-state index is 9.28. The van der Waals surface area contributed by atoms with Gasteiger partial charge in [-0.2, -0.15) is 0 Å². The Labute approximate surface area is 62.1 Å². The summed E-state index contributed by atoms with van der Waals surface area (Å²) in [4.78, 5) is 0. The van der Waals surface area contributed by atoms with E-state index in [2.05, 4.69) is 25.0 Å². The average Bonchev–Trinajstić information content (AvgIpc) is 1.80. The quantitative estimate of drug-likeness (QED) is 0.542. The number of allylic oxidation sites excluding steroid dienone is 1. The highest BCUT2D eigenvalue weighted by Crippen LogP contribution is 2.10. The second-order valence-corrected chi connectivity index (χ2v) is 2.51. The largest absolute Gasteiger partial charge is 0.385 e. The topological polar surface area (TPSA) is 20.2 Å². The molecular formula is C9H12O. The van der Waals surface area contributed by atoms with Gasteiger partial charge in [0.05, 0.1) is 5.60 Å². The number of hydrogen-bond acceptors (Lipinski definition) is 1. The van der Waals surface area contributed by atoms with Gasteiger partial charge < -0.3 is 5.11 Å². The first-order valence-corrected chi connectivity index (χ1v) is 3.02. The van der Waals surface area contributed by atoms with Crippen LogP contribution in [0.5, 0.6) is 0 Å². The molecule has 0 fully saturated rings. The molecule has 0 rings (SSSR count). The van der Waals surface area contributed by atoms with E-state index in [0.29, 0.717) is 5.57 Å². The lowest BCUT2D eigenvalue weighted by Crippen LogP contribution is -2.19. The highest BCUT2D eigenvalue weighted by atomic mass is 16.3. The Hall–Kier alpha value is -1.00. The minimum absolute atomic E-state index is 0.507. The first kappa shape index (κ1) is 9.00. The fourth-order valence-corrected chi connectivity index (χ4v) is 0.291. The third-order valence-electron chi connectivity index (χ3n) is 1.06. The van der Waals surface area contributed by atoms with Gasteiger partial charge in [-0.25, -0.2) is 0 Å². The lowest BCUT2D eigenvalue weighted by molar-refractivity contribution is 0.125. The lowest BCUT2D eigenvalue weighted by Gasteiger charge is -2.14. The van der Waals surface area contributed by atoms with Crippen LogP contribution in [0.3, 0.4) is 0 Å². The van der Waals surface area contributed by atoms with E-state index < -0.39 is 5.60 Å². The Morgan fingerprint density at radius 3 is 2.40 bits per heavy atom. The molecule has 1 N–H and O–H groups in total. The van der Waals surface area contributed by atoms with Crippen LogP contribution < -0.4 is 0 Å². The number of hydrogen-bond donors (Lipinski definition) is 1. The number of rotatable bonds is 1. The van der Waals surface area contributed by atoms with Gasteiger partial charge in [0.2, 0.25) is 0 Å². The molecule has 0 aromatic heterocycles. The average molecular weight is 136 g/mol. The summed E-state index contributed by atoms with van der Waals surface area (Å²) in [6, 6.07) is 0. The first-order valence-electron chi connectivity index (χ1n) is 3.02. The van der Waals surface area contributed by atoms with Crippen molar-refractivity contribution in [2.24, 2.45) is 0 Å². The summed E-state index contributed by atoms with van der Waals surface area (Å²) in [6.45, 7) is 10.3. The summed E-state index contributed by atoms with van der Waals surface area (Å²) in [5.74, 6) is 5.27. The molecule has 0 spiro atoms. The van der Waals surface area contributed by atoms with E-state index in [9.17, 15) is 5.11 Å². The Morgan fingerprint density at radius 1 is 1.60 bits per heavy atom. The fourth-order valence-electron chi connectivity index (χ4n) is 0.291. The molecule has 0 aliphatic carbocycles. The number of aliphatic hydroxyl groups is 1. The van der Waals surface area contributed by atoms with Crippen molar-refractivity contribution in [2.75, 3.05) is 0 Å². The second-order valence-electron chi connectivity index (χ2n) is 2.51. The fraction of sp³-hybridized carbons (Fsp3) is 0.333. The van der Waals surface area contributed by atoms with Gasteiger partial charge in [-0.3, -0.25) is 0 Å². The van der Waals surface area contributed by atoms with Crippen molar-refractivity contribution in [1.82, 2.24) is 0 Å². The summed E-state index contributed by atoms with van der Waals surface area (Å²) < 4.78 is 0. The molecule has 0 unspecified atom stereocenters. The Balaban J connectivity index is 4.25. The summed E-state index contributed by atoms with van der Waals surface area (Å²) in [6.07, 6.45) is 1.47. The first-order chi connectivity index (χ1) is 4.48. The van der Waals surface area contributed by atoms with E-state index in [1.165, 1.54) is 6.08 Å².